The van der Waals surface area contributed by atoms with Gasteiger partial charge in [0, 0.05) is 17.8 Å². The molecule has 1 atom stereocenters. The number of carbonyl (C=O) groups excluding carboxylic acids is 1. The second kappa shape index (κ2) is 9.52. The number of benzene rings is 3. The van der Waals surface area contributed by atoms with Crippen LogP contribution in [0, 0.1) is 0 Å². The quantitative estimate of drug-likeness (QED) is 0.507. The van der Waals surface area contributed by atoms with Gasteiger partial charge in [0.05, 0.1) is 5.56 Å². The third kappa shape index (κ3) is 5.00. The molecule has 6 heteroatoms. The van der Waals surface area contributed by atoms with Crippen molar-refractivity contribution in [2.24, 2.45) is 5.73 Å². The number of carboxylic acid groups (broad SMARTS) is 1. The lowest BCUT2D eigenvalue weighted by atomic mass is 10.0. The molecule has 0 saturated carbocycles. The summed E-state index contributed by atoms with van der Waals surface area (Å²) >= 11 is 0. The summed E-state index contributed by atoms with van der Waals surface area (Å²) in [4.78, 5) is 24.4. The summed E-state index contributed by atoms with van der Waals surface area (Å²) in [5.74, 6) is -1.54. The van der Waals surface area contributed by atoms with E-state index in [1.807, 2.05) is 36.4 Å². The van der Waals surface area contributed by atoms with Gasteiger partial charge in [-0.25, -0.2) is 9.59 Å². The van der Waals surface area contributed by atoms with Crippen molar-refractivity contribution in [1.82, 2.24) is 0 Å². The maximum absolute atomic E-state index is 12.6. The molecule has 3 rings (SSSR count). The second-order valence-corrected chi connectivity index (χ2v) is 6.42. The molecule has 0 aliphatic rings. The molecule has 0 amide bonds. The van der Waals surface area contributed by atoms with Gasteiger partial charge in [-0.2, -0.15) is 0 Å². The minimum absolute atomic E-state index is 0.0556. The monoisotopic (exact) mass is 390 g/mol. The summed E-state index contributed by atoms with van der Waals surface area (Å²) < 4.78 is 5.41. The SMILES string of the molecule is NCc1c(NC(C(=O)O)c2ccccc2)cccc1C(=O)OCc1ccccc1. The zero-order valence-corrected chi connectivity index (χ0v) is 15.7. The van der Waals surface area contributed by atoms with Crippen molar-refractivity contribution in [3.63, 3.8) is 0 Å². The molecule has 0 bridgehead atoms. The van der Waals surface area contributed by atoms with Crippen molar-refractivity contribution in [3.05, 3.63) is 101 Å². The molecule has 0 aliphatic heterocycles. The summed E-state index contributed by atoms with van der Waals surface area (Å²) in [6.07, 6.45) is 0. The zero-order valence-electron chi connectivity index (χ0n) is 15.7. The third-order valence-electron chi connectivity index (χ3n) is 4.49. The lowest BCUT2D eigenvalue weighted by Gasteiger charge is -2.20. The normalized spacial score (nSPS) is 11.5. The van der Waals surface area contributed by atoms with Crippen LogP contribution in [0.5, 0.6) is 0 Å². The maximum Gasteiger partial charge on any atom is 0.338 e. The fourth-order valence-electron chi connectivity index (χ4n) is 3.02. The van der Waals surface area contributed by atoms with Gasteiger partial charge in [-0.1, -0.05) is 66.7 Å². The van der Waals surface area contributed by atoms with E-state index >= 15 is 0 Å². The van der Waals surface area contributed by atoms with Gasteiger partial charge in [-0.05, 0) is 23.3 Å². The summed E-state index contributed by atoms with van der Waals surface area (Å²) in [7, 11) is 0. The highest BCUT2D eigenvalue weighted by atomic mass is 16.5. The van der Waals surface area contributed by atoms with Crippen molar-refractivity contribution < 1.29 is 19.4 Å². The molecule has 3 aromatic rings. The molecule has 3 aromatic carbocycles. The number of anilines is 1. The number of hydrogen-bond donors (Lipinski definition) is 3. The third-order valence-corrected chi connectivity index (χ3v) is 4.49. The molecule has 29 heavy (non-hydrogen) atoms. The van der Waals surface area contributed by atoms with Crippen LogP contribution in [0.3, 0.4) is 0 Å². The van der Waals surface area contributed by atoms with E-state index in [9.17, 15) is 14.7 Å². The van der Waals surface area contributed by atoms with Crippen LogP contribution in [-0.2, 0) is 22.7 Å². The van der Waals surface area contributed by atoms with Crippen molar-refractivity contribution in [1.29, 1.82) is 0 Å². The number of nitrogens with one attached hydrogen (secondary N) is 1. The van der Waals surface area contributed by atoms with Crippen LogP contribution in [0.2, 0.25) is 0 Å². The highest BCUT2D eigenvalue weighted by Crippen LogP contribution is 2.26. The predicted octanol–water partition coefficient (Wildman–Crippen LogP) is 3.74. The lowest BCUT2D eigenvalue weighted by molar-refractivity contribution is -0.138. The number of rotatable bonds is 8. The molecule has 0 aliphatic carbocycles. The van der Waals surface area contributed by atoms with Gasteiger partial charge in [0.2, 0.25) is 0 Å². The Morgan fingerprint density at radius 2 is 1.59 bits per heavy atom. The Kier molecular flexibility index (Phi) is 6.60. The van der Waals surface area contributed by atoms with Crippen LogP contribution >= 0.6 is 0 Å². The van der Waals surface area contributed by atoms with E-state index in [0.29, 0.717) is 22.4 Å². The molecule has 0 radical (unpaired) electrons. The second-order valence-electron chi connectivity index (χ2n) is 6.42. The van der Waals surface area contributed by atoms with E-state index in [4.69, 9.17) is 10.5 Å². The Labute approximate surface area is 168 Å². The van der Waals surface area contributed by atoms with E-state index in [2.05, 4.69) is 5.32 Å². The number of carboxylic acids is 1. The predicted molar refractivity (Wildman–Crippen MR) is 110 cm³/mol. The van der Waals surface area contributed by atoms with E-state index in [1.165, 1.54) is 0 Å². The maximum atomic E-state index is 12.6. The first-order chi connectivity index (χ1) is 14.1. The van der Waals surface area contributed by atoms with Gasteiger partial charge in [0.25, 0.3) is 0 Å². The molecule has 6 nitrogen and oxygen atoms in total. The smallest absolute Gasteiger partial charge is 0.338 e. The Morgan fingerprint density at radius 3 is 2.21 bits per heavy atom. The summed E-state index contributed by atoms with van der Waals surface area (Å²) in [6, 6.07) is 22.2. The van der Waals surface area contributed by atoms with Crippen LogP contribution in [0.15, 0.2) is 78.9 Å². The van der Waals surface area contributed by atoms with Gasteiger partial charge < -0.3 is 20.9 Å². The molecule has 0 aromatic heterocycles. The Morgan fingerprint density at radius 1 is 0.931 bits per heavy atom. The largest absolute Gasteiger partial charge is 0.479 e. The van der Waals surface area contributed by atoms with E-state index < -0.39 is 18.0 Å². The molecule has 1 unspecified atom stereocenters. The van der Waals surface area contributed by atoms with E-state index in [0.717, 1.165) is 5.56 Å². The molecule has 4 N–H and O–H groups in total. The summed E-state index contributed by atoms with van der Waals surface area (Å²) in [6.45, 7) is 0.198. The molecule has 0 heterocycles. The van der Waals surface area contributed by atoms with Crippen molar-refractivity contribution in [3.8, 4) is 0 Å². The number of aliphatic carboxylic acids is 1. The molecule has 148 valence electrons. The average Bonchev–Trinajstić information content (AvgIpc) is 2.76. The number of esters is 1. The van der Waals surface area contributed by atoms with Gasteiger partial charge in [0.15, 0.2) is 6.04 Å². The van der Waals surface area contributed by atoms with Gasteiger partial charge in [-0.15, -0.1) is 0 Å². The number of carbonyl (C=O) groups is 2. The molecule has 0 spiro atoms. The summed E-state index contributed by atoms with van der Waals surface area (Å²) in [5, 5.41) is 12.7. The molecule has 0 saturated heterocycles. The Balaban J connectivity index is 1.83. The van der Waals surface area contributed by atoms with Crippen LogP contribution in [0.25, 0.3) is 0 Å². The molecule has 0 fully saturated rings. The first kappa shape index (κ1) is 20.1. The fraction of sp³-hybridized carbons (Fsp3) is 0.130. The van der Waals surface area contributed by atoms with Crippen molar-refractivity contribution in [2.75, 3.05) is 5.32 Å². The zero-order chi connectivity index (χ0) is 20.6. The summed E-state index contributed by atoms with van der Waals surface area (Å²) in [5.41, 5.74) is 8.67. The first-order valence-corrected chi connectivity index (χ1v) is 9.17. The van der Waals surface area contributed by atoms with Crippen LogP contribution in [0.4, 0.5) is 5.69 Å². The average molecular weight is 390 g/mol. The van der Waals surface area contributed by atoms with Crippen molar-refractivity contribution >= 4 is 17.6 Å². The lowest BCUT2D eigenvalue weighted by Crippen LogP contribution is -2.22. The van der Waals surface area contributed by atoms with Crippen LogP contribution < -0.4 is 11.1 Å². The van der Waals surface area contributed by atoms with Gasteiger partial charge in [0.1, 0.15) is 6.61 Å². The molecular formula is C23H22N2O4. The first-order valence-electron chi connectivity index (χ1n) is 9.17. The van der Waals surface area contributed by atoms with Gasteiger partial charge >= 0.3 is 11.9 Å². The standard InChI is InChI=1S/C23H22N2O4/c24-14-19-18(23(28)29-15-16-8-3-1-4-9-16)12-7-13-20(19)25-21(22(26)27)17-10-5-2-6-11-17/h1-13,21,25H,14-15,24H2,(H,26,27). The van der Waals surface area contributed by atoms with Crippen LogP contribution in [-0.4, -0.2) is 17.0 Å². The Hall–Kier alpha value is -3.64. The van der Waals surface area contributed by atoms with Crippen LogP contribution in [0.1, 0.15) is 33.1 Å². The van der Waals surface area contributed by atoms with E-state index in [-0.39, 0.29) is 13.2 Å². The number of nitrogens with two attached hydrogens (primary N) is 1. The van der Waals surface area contributed by atoms with E-state index in [1.54, 1.807) is 42.5 Å². The number of ether oxygens (including phenoxy) is 1. The minimum atomic E-state index is -1.03. The minimum Gasteiger partial charge on any atom is -0.479 e. The highest BCUT2D eigenvalue weighted by molar-refractivity contribution is 5.93. The topological polar surface area (TPSA) is 102 Å². The highest BCUT2D eigenvalue weighted by Gasteiger charge is 2.22. The van der Waals surface area contributed by atoms with Gasteiger partial charge in [-0.3, -0.25) is 0 Å². The number of hydrogen-bond acceptors (Lipinski definition) is 5. The fourth-order valence-corrected chi connectivity index (χ4v) is 3.02. The Bertz CT molecular complexity index is 975. The van der Waals surface area contributed by atoms with Crippen molar-refractivity contribution in [2.45, 2.75) is 19.2 Å². The molecular weight excluding hydrogens is 368 g/mol.